The second-order valence-electron chi connectivity index (χ2n) is 12.7. The fourth-order valence-corrected chi connectivity index (χ4v) is 6.87. The van der Waals surface area contributed by atoms with E-state index in [4.69, 9.17) is 4.42 Å². The van der Waals surface area contributed by atoms with Crippen molar-refractivity contribution < 1.29 is 28.9 Å². The molecule has 7 heteroatoms. The molecule has 4 aromatic heterocycles. The van der Waals surface area contributed by atoms with Gasteiger partial charge in [-0.25, -0.2) is 9.37 Å². The number of hydrogen-bond donors (Lipinski definition) is 0. The Hall–Kier alpha value is -3.51. The van der Waals surface area contributed by atoms with Gasteiger partial charge in [-0.3, -0.25) is 0 Å². The van der Waals surface area contributed by atoms with Crippen LogP contribution in [0.2, 0.25) is 19.6 Å². The van der Waals surface area contributed by atoms with E-state index in [9.17, 15) is 4.39 Å². The maximum Gasteiger partial charge on any atom is 0.216 e. The first-order valence-electron chi connectivity index (χ1n) is 14.8. The Balaban J connectivity index is 0.000000199. The predicted octanol–water partition coefficient (Wildman–Crippen LogP) is 9.40. The number of benzene rings is 2. The zero-order valence-corrected chi connectivity index (χ0v) is 29.7. The van der Waals surface area contributed by atoms with Gasteiger partial charge in [0.15, 0.2) is 0 Å². The third-order valence-electron chi connectivity index (χ3n) is 7.38. The van der Waals surface area contributed by atoms with Crippen molar-refractivity contribution in [3.8, 4) is 22.5 Å². The second kappa shape index (κ2) is 14.1. The number of halogens is 1. The molecule has 0 bridgehead atoms. The minimum absolute atomic E-state index is 0. The molecule has 4 nitrogen and oxygen atoms in total. The summed E-state index contributed by atoms with van der Waals surface area (Å²) in [5.74, 6) is 0.454. The van der Waals surface area contributed by atoms with Gasteiger partial charge in [0.25, 0.3) is 0 Å². The normalized spacial score (nSPS) is 11.5. The van der Waals surface area contributed by atoms with E-state index in [-0.39, 0.29) is 31.8 Å². The molecule has 2 aromatic carbocycles. The Morgan fingerprint density at radius 3 is 2.30 bits per heavy atom. The van der Waals surface area contributed by atoms with Gasteiger partial charge in [-0.05, 0) is 52.5 Å². The molecule has 44 heavy (non-hydrogen) atoms. The fourth-order valence-electron chi connectivity index (χ4n) is 5.28. The number of hydrogen-bond acceptors (Lipinski definition) is 4. The summed E-state index contributed by atoms with van der Waals surface area (Å²) >= 11 is 0. The van der Waals surface area contributed by atoms with Crippen molar-refractivity contribution >= 4 is 35.3 Å². The Kier molecular flexibility index (Phi) is 10.7. The number of furan rings is 1. The SMILES string of the molecule is CC(C)Cc1cc(-c2[c-]cccc2)ncc1[Si](C)(C)C.CC(C)c1cc(-c2[c-]ccc3c2oc2ncccc23)ncc1F.[Ir]. The molecule has 0 spiro atoms. The molecule has 4 heterocycles. The van der Waals surface area contributed by atoms with E-state index in [0.29, 0.717) is 28.5 Å². The monoisotopic (exact) mass is 780 g/mol. The minimum Gasteiger partial charge on any atom is -0.486 e. The van der Waals surface area contributed by atoms with Gasteiger partial charge in [-0.15, -0.1) is 54.1 Å². The Bertz CT molecular complexity index is 1860. The summed E-state index contributed by atoms with van der Waals surface area (Å²) in [7, 11) is -1.34. The van der Waals surface area contributed by atoms with E-state index in [1.165, 1.54) is 16.9 Å². The number of nitrogens with zero attached hydrogens (tertiary/aromatic N) is 3. The van der Waals surface area contributed by atoms with Gasteiger partial charge in [-0.1, -0.05) is 76.0 Å². The smallest absolute Gasteiger partial charge is 0.216 e. The van der Waals surface area contributed by atoms with Crippen LogP contribution in [0.25, 0.3) is 44.6 Å². The first-order valence-corrected chi connectivity index (χ1v) is 18.3. The van der Waals surface area contributed by atoms with Gasteiger partial charge in [0, 0.05) is 37.9 Å². The number of fused-ring (bicyclic) bond motifs is 3. The van der Waals surface area contributed by atoms with Crippen LogP contribution in [-0.2, 0) is 26.5 Å². The summed E-state index contributed by atoms with van der Waals surface area (Å²) in [6.45, 7) is 15.6. The maximum absolute atomic E-state index is 13.9. The summed E-state index contributed by atoms with van der Waals surface area (Å²) < 4.78 is 19.8. The quantitative estimate of drug-likeness (QED) is 0.125. The minimum atomic E-state index is -1.34. The Labute approximate surface area is 274 Å². The average Bonchev–Trinajstić information content (AvgIpc) is 3.36. The van der Waals surface area contributed by atoms with E-state index in [1.807, 2.05) is 56.3 Å². The van der Waals surface area contributed by atoms with Crippen LogP contribution in [0.5, 0.6) is 0 Å². The molecule has 229 valence electrons. The molecule has 0 N–H and O–H groups in total. The molecule has 0 unspecified atom stereocenters. The maximum atomic E-state index is 13.9. The first-order chi connectivity index (χ1) is 20.5. The number of rotatable bonds is 6. The first kappa shape index (κ1) is 33.4. The van der Waals surface area contributed by atoms with Crippen LogP contribution in [0.3, 0.4) is 0 Å². The van der Waals surface area contributed by atoms with Crippen molar-refractivity contribution in [2.75, 3.05) is 0 Å². The molecule has 0 atom stereocenters. The molecule has 0 aliphatic heterocycles. The second-order valence-corrected chi connectivity index (χ2v) is 17.7. The van der Waals surface area contributed by atoms with Crippen LogP contribution in [0.15, 0.2) is 83.7 Å². The molecule has 0 fully saturated rings. The summed E-state index contributed by atoms with van der Waals surface area (Å²) in [6.07, 6.45) is 6.20. The summed E-state index contributed by atoms with van der Waals surface area (Å²) in [4.78, 5) is 13.2. The van der Waals surface area contributed by atoms with Gasteiger partial charge in [-0.2, -0.15) is 0 Å². The molecule has 0 aliphatic rings. The van der Waals surface area contributed by atoms with Crippen molar-refractivity contribution in [3.63, 3.8) is 0 Å². The third kappa shape index (κ3) is 7.40. The summed E-state index contributed by atoms with van der Waals surface area (Å²) in [5, 5.41) is 3.40. The standard InChI is InChI=1S/C19H14FN2O.C18H24NSi.Ir/c1-11(2)15-9-17(22-10-16(15)20)14-6-3-5-12-13-7-4-8-21-19(13)23-18(12)14;1-14(2)11-16-12-17(15-9-7-6-8-10-15)19-13-18(16)20(3,4)5;/h3-5,7-11H,1-2H3;6-9,12-14H,11H2,1-5H3;/q2*-1;. The summed E-state index contributed by atoms with van der Waals surface area (Å²) in [5.41, 5.74) is 6.87. The van der Waals surface area contributed by atoms with Gasteiger partial charge in [0.2, 0.25) is 5.71 Å². The van der Waals surface area contributed by atoms with Crippen LogP contribution in [-0.4, -0.2) is 23.0 Å². The molecule has 0 aliphatic carbocycles. The number of aromatic nitrogens is 3. The molecular weight excluding hydrogens is 742 g/mol. The van der Waals surface area contributed by atoms with Crippen LogP contribution in [0, 0.1) is 23.9 Å². The zero-order valence-electron chi connectivity index (χ0n) is 26.3. The topological polar surface area (TPSA) is 51.8 Å². The fraction of sp³-hybridized carbons (Fsp3) is 0.270. The van der Waals surface area contributed by atoms with Crippen molar-refractivity contribution in [2.24, 2.45) is 5.92 Å². The van der Waals surface area contributed by atoms with Gasteiger partial charge < -0.3 is 14.4 Å². The molecule has 0 amide bonds. The third-order valence-corrected chi connectivity index (χ3v) is 9.45. The van der Waals surface area contributed by atoms with Crippen molar-refractivity contribution in [1.82, 2.24) is 15.0 Å². The van der Waals surface area contributed by atoms with E-state index >= 15 is 0 Å². The average molecular weight is 780 g/mol. The van der Waals surface area contributed by atoms with Crippen LogP contribution in [0.1, 0.15) is 44.7 Å². The van der Waals surface area contributed by atoms with E-state index in [0.717, 1.165) is 34.0 Å². The van der Waals surface area contributed by atoms with Crippen LogP contribution < -0.4 is 5.19 Å². The van der Waals surface area contributed by atoms with Crippen molar-refractivity contribution in [2.45, 2.75) is 59.7 Å². The summed E-state index contributed by atoms with van der Waals surface area (Å²) in [6, 6.07) is 26.2. The van der Waals surface area contributed by atoms with Gasteiger partial charge >= 0.3 is 0 Å². The molecular formula is C37H38FIrN3OSi-2. The van der Waals surface area contributed by atoms with Crippen LogP contribution in [0.4, 0.5) is 4.39 Å². The van der Waals surface area contributed by atoms with E-state index < -0.39 is 8.07 Å². The Morgan fingerprint density at radius 2 is 1.61 bits per heavy atom. The largest absolute Gasteiger partial charge is 0.486 e. The molecule has 0 saturated heterocycles. The van der Waals surface area contributed by atoms with Crippen molar-refractivity contribution in [1.29, 1.82) is 0 Å². The zero-order chi connectivity index (χ0) is 30.7. The molecule has 6 aromatic rings. The molecule has 1 radical (unpaired) electrons. The molecule has 6 rings (SSSR count). The Morgan fingerprint density at radius 1 is 0.841 bits per heavy atom. The van der Waals surface area contributed by atoms with Gasteiger partial charge in [0.05, 0.1) is 19.9 Å². The number of pyridine rings is 3. The molecule has 0 saturated carbocycles. The van der Waals surface area contributed by atoms with E-state index in [2.05, 4.69) is 78.9 Å². The van der Waals surface area contributed by atoms with Gasteiger partial charge in [0.1, 0.15) is 5.82 Å². The predicted molar refractivity (Wildman–Crippen MR) is 178 cm³/mol. The van der Waals surface area contributed by atoms with Crippen LogP contribution >= 0.6 is 0 Å². The van der Waals surface area contributed by atoms with Crippen molar-refractivity contribution in [3.05, 3.63) is 108 Å². The van der Waals surface area contributed by atoms with E-state index in [1.54, 1.807) is 12.3 Å².